The third kappa shape index (κ3) is 3.91. The predicted octanol–water partition coefficient (Wildman–Crippen LogP) is 5.52. The van der Waals surface area contributed by atoms with Gasteiger partial charge in [-0.3, -0.25) is 0 Å². The Morgan fingerprint density at radius 2 is 1.75 bits per heavy atom. The first kappa shape index (κ1) is 22.1. The number of hydrogen-bond acceptors (Lipinski definition) is 5. The summed E-state index contributed by atoms with van der Waals surface area (Å²) in [5, 5.41) is 15.4. The van der Waals surface area contributed by atoms with Crippen molar-refractivity contribution >= 4 is 5.57 Å². The number of aromatic nitrogens is 5. The maximum Gasteiger partial charge on any atom is 0.417 e. The molecule has 1 aromatic carbocycles. The summed E-state index contributed by atoms with van der Waals surface area (Å²) in [4.78, 5) is 0. The Kier molecular flexibility index (Phi) is 5.17. The molecule has 0 fully saturated rings. The first-order valence-corrected chi connectivity index (χ1v) is 9.88. The van der Waals surface area contributed by atoms with Crippen LogP contribution in [-0.4, -0.2) is 25.0 Å². The lowest BCUT2D eigenvalue weighted by Crippen LogP contribution is -2.28. The lowest BCUT2D eigenvalue weighted by molar-refractivity contribution is -0.137. The number of alkyl halides is 5. The third-order valence-electron chi connectivity index (χ3n) is 5.71. The van der Waals surface area contributed by atoms with Crippen LogP contribution in [0.5, 0.6) is 0 Å². The molecule has 0 amide bonds. The van der Waals surface area contributed by atoms with Crippen LogP contribution in [0, 0.1) is 0 Å². The third-order valence-corrected chi connectivity index (χ3v) is 5.71. The van der Waals surface area contributed by atoms with Gasteiger partial charge in [0.25, 0.3) is 5.89 Å². The molecule has 1 unspecified atom stereocenters. The minimum atomic E-state index is -4.52. The highest BCUT2D eigenvalue weighted by atomic mass is 19.4. The van der Waals surface area contributed by atoms with E-state index in [1.807, 2.05) is 13.0 Å². The van der Waals surface area contributed by atoms with Crippen molar-refractivity contribution in [2.45, 2.75) is 50.6 Å². The Hall–Kier alpha value is -3.11. The van der Waals surface area contributed by atoms with Gasteiger partial charge in [0.05, 0.1) is 5.56 Å². The Balaban J connectivity index is 1.63. The van der Waals surface area contributed by atoms with Crippen LogP contribution < -0.4 is 0 Å². The Labute approximate surface area is 180 Å². The number of nitrogens with zero attached hydrogens (tertiary/aromatic N) is 5. The van der Waals surface area contributed by atoms with Crippen LogP contribution in [0.1, 0.15) is 56.3 Å². The molecular formula is C21H20F5N5O. The molecular weight excluding hydrogens is 433 g/mol. The summed E-state index contributed by atoms with van der Waals surface area (Å²) in [6, 6.07) is 5.23. The molecule has 4 rings (SSSR count). The van der Waals surface area contributed by atoms with Gasteiger partial charge in [-0.2, -0.15) is 22.0 Å². The van der Waals surface area contributed by atoms with Crippen molar-refractivity contribution in [3.05, 3.63) is 53.5 Å². The quantitative estimate of drug-likeness (QED) is 0.487. The fourth-order valence-corrected chi connectivity index (χ4v) is 3.91. The minimum Gasteiger partial charge on any atom is -0.415 e. The van der Waals surface area contributed by atoms with E-state index in [9.17, 15) is 22.0 Å². The van der Waals surface area contributed by atoms with Crippen molar-refractivity contribution in [1.29, 1.82) is 0 Å². The predicted molar refractivity (Wildman–Crippen MR) is 104 cm³/mol. The monoisotopic (exact) mass is 453 g/mol. The molecule has 2 heterocycles. The topological polar surface area (TPSA) is 69.6 Å². The van der Waals surface area contributed by atoms with Crippen LogP contribution in [-0.2, 0) is 24.6 Å². The Morgan fingerprint density at radius 3 is 2.34 bits per heavy atom. The smallest absolute Gasteiger partial charge is 0.415 e. The minimum absolute atomic E-state index is 0.0429. The van der Waals surface area contributed by atoms with Gasteiger partial charge in [-0.25, -0.2) is 0 Å². The molecule has 1 aliphatic rings. The van der Waals surface area contributed by atoms with Gasteiger partial charge in [0.15, 0.2) is 5.82 Å². The van der Waals surface area contributed by atoms with E-state index in [1.54, 1.807) is 11.6 Å². The van der Waals surface area contributed by atoms with Crippen LogP contribution in [0.15, 0.2) is 34.8 Å². The molecule has 0 bridgehead atoms. The maximum atomic E-state index is 13.5. The summed E-state index contributed by atoms with van der Waals surface area (Å²) in [5.74, 6) is -3.28. The van der Waals surface area contributed by atoms with Crippen molar-refractivity contribution in [2.24, 2.45) is 7.05 Å². The second-order valence-corrected chi connectivity index (χ2v) is 8.24. The summed E-state index contributed by atoms with van der Waals surface area (Å²) in [5.41, 5.74) is -0.696. The van der Waals surface area contributed by atoms with E-state index in [-0.39, 0.29) is 17.3 Å². The van der Waals surface area contributed by atoms with Crippen molar-refractivity contribution in [3.8, 4) is 11.4 Å². The Bertz CT molecular complexity index is 1170. The number of hydrogen-bond donors (Lipinski definition) is 0. The van der Waals surface area contributed by atoms with Crippen LogP contribution in [0.4, 0.5) is 22.0 Å². The molecule has 0 saturated heterocycles. The zero-order valence-electron chi connectivity index (χ0n) is 17.5. The fourth-order valence-electron chi connectivity index (χ4n) is 3.91. The van der Waals surface area contributed by atoms with E-state index < -0.39 is 29.0 Å². The molecule has 2 aromatic heterocycles. The molecule has 0 radical (unpaired) electrons. The summed E-state index contributed by atoms with van der Waals surface area (Å²) >= 11 is 0. The van der Waals surface area contributed by atoms with E-state index in [4.69, 9.17) is 4.42 Å². The SMILES string of the molecule is Cn1c(-c2ccccc2C(F)(F)F)nnc1C1(C)CC=C(c2nnc(C(C)(F)F)o2)CC1. The highest BCUT2D eigenvalue weighted by Gasteiger charge is 2.38. The highest BCUT2D eigenvalue weighted by molar-refractivity contribution is 5.62. The molecule has 170 valence electrons. The van der Waals surface area contributed by atoms with E-state index in [0.29, 0.717) is 37.6 Å². The van der Waals surface area contributed by atoms with Gasteiger partial charge in [-0.1, -0.05) is 31.2 Å². The zero-order valence-corrected chi connectivity index (χ0v) is 17.5. The fraction of sp³-hybridized carbons (Fsp3) is 0.429. The number of halogens is 5. The first-order chi connectivity index (χ1) is 14.9. The Morgan fingerprint density at radius 1 is 1.03 bits per heavy atom. The average molecular weight is 453 g/mol. The molecule has 0 spiro atoms. The van der Waals surface area contributed by atoms with Crippen LogP contribution >= 0.6 is 0 Å². The summed E-state index contributed by atoms with van der Waals surface area (Å²) in [7, 11) is 1.63. The van der Waals surface area contributed by atoms with Gasteiger partial charge in [0, 0.05) is 30.5 Å². The van der Waals surface area contributed by atoms with Crippen molar-refractivity contribution in [1.82, 2.24) is 25.0 Å². The molecule has 32 heavy (non-hydrogen) atoms. The first-order valence-electron chi connectivity index (χ1n) is 9.88. The van der Waals surface area contributed by atoms with Gasteiger partial charge in [-0.15, -0.1) is 20.4 Å². The van der Waals surface area contributed by atoms with E-state index in [2.05, 4.69) is 20.4 Å². The summed E-state index contributed by atoms with van der Waals surface area (Å²) < 4.78 is 73.8. The van der Waals surface area contributed by atoms with Gasteiger partial charge in [0.1, 0.15) is 5.82 Å². The van der Waals surface area contributed by atoms with E-state index in [1.165, 1.54) is 18.2 Å². The lowest BCUT2D eigenvalue weighted by atomic mass is 9.75. The number of allylic oxidation sites excluding steroid dienone is 2. The van der Waals surface area contributed by atoms with Crippen molar-refractivity contribution in [3.63, 3.8) is 0 Å². The van der Waals surface area contributed by atoms with Gasteiger partial charge in [-0.05, 0) is 25.3 Å². The summed E-state index contributed by atoms with van der Waals surface area (Å²) in [6.45, 7) is 2.61. The molecule has 1 atom stereocenters. The van der Waals surface area contributed by atoms with Gasteiger partial charge < -0.3 is 8.98 Å². The zero-order chi connectivity index (χ0) is 23.3. The van der Waals surface area contributed by atoms with Crippen LogP contribution in [0.3, 0.4) is 0 Å². The summed E-state index contributed by atoms with van der Waals surface area (Å²) in [6.07, 6.45) is -1.25. The maximum absolute atomic E-state index is 13.5. The molecule has 0 N–H and O–H groups in total. The van der Waals surface area contributed by atoms with Gasteiger partial charge >= 0.3 is 12.1 Å². The average Bonchev–Trinajstić information content (AvgIpc) is 3.35. The van der Waals surface area contributed by atoms with Gasteiger partial charge in [0.2, 0.25) is 5.89 Å². The van der Waals surface area contributed by atoms with E-state index >= 15 is 0 Å². The molecule has 11 heteroatoms. The number of rotatable bonds is 4. The van der Waals surface area contributed by atoms with E-state index in [0.717, 1.165) is 6.07 Å². The molecule has 3 aromatic rings. The van der Waals surface area contributed by atoms with Crippen molar-refractivity contribution in [2.75, 3.05) is 0 Å². The van der Waals surface area contributed by atoms with Crippen LogP contribution in [0.2, 0.25) is 0 Å². The molecule has 0 aliphatic heterocycles. The second-order valence-electron chi connectivity index (χ2n) is 8.24. The normalized spacial score (nSPS) is 19.8. The molecule has 0 saturated carbocycles. The lowest BCUT2D eigenvalue weighted by Gasteiger charge is -2.31. The molecule has 1 aliphatic carbocycles. The standard InChI is InChI=1S/C21H20F5N5O/c1-19(10-8-12(9-11-19)16-28-30-18(32-16)20(2,22)23)17-29-27-15(31(17)3)13-6-4-5-7-14(13)21(24,25)26/h4-8H,9-11H2,1-3H3. The van der Waals surface area contributed by atoms with Crippen molar-refractivity contribution < 1.29 is 26.4 Å². The number of benzene rings is 1. The highest BCUT2D eigenvalue weighted by Crippen LogP contribution is 2.42. The molecule has 6 nitrogen and oxygen atoms in total. The second kappa shape index (κ2) is 7.49. The largest absolute Gasteiger partial charge is 0.417 e. The van der Waals surface area contributed by atoms with Crippen LogP contribution in [0.25, 0.3) is 17.0 Å².